The molecule has 1 heterocycles. The Labute approximate surface area is 64.4 Å². The summed E-state index contributed by atoms with van der Waals surface area (Å²) in [6, 6.07) is 0. The highest BCUT2D eigenvalue weighted by atomic mass is 16.5. The molecule has 0 spiro atoms. The molecule has 0 radical (unpaired) electrons. The third-order valence-corrected chi connectivity index (χ3v) is 1.28. The second-order valence-electron chi connectivity index (χ2n) is 2.24. The van der Waals surface area contributed by atoms with E-state index >= 15 is 0 Å². The highest BCUT2D eigenvalue weighted by Gasteiger charge is 2.07. The molecule has 1 aliphatic heterocycles. The number of hydrogen-bond donors (Lipinski definition) is 1. The minimum atomic E-state index is -0.972. The summed E-state index contributed by atoms with van der Waals surface area (Å²) >= 11 is 0. The van der Waals surface area contributed by atoms with Crippen molar-refractivity contribution in [2.75, 3.05) is 13.2 Å². The van der Waals surface area contributed by atoms with Crippen LogP contribution in [-0.2, 0) is 14.3 Å². The number of rotatable bonds is 3. The predicted molar refractivity (Wildman–Crippen MR) is 36.9 cm³/mol. The van der Waals surface area contributed by atoms with E-state index in [1.165, 1.54) is 6.26 Å². The molecule has 0 bridgehead atoms. The summed E-state index contributed by atoms with van der Waals surface area (Å²) in [5.74, 6) is -0.230. The van der Waals surface area contributed by atoms with E-state index in [-0.39, 0.29) is 6.61 Å². The maximum Gasteiger partial charge on any atom is 0.341 e. The van der Waals surface area contributed by atoms with Gasteiger partial charge in [-0.2, -0.15) is 0 Å². The van der Waals surface area contributed by atoms with Gasteiger partial charge in [0.1, 0.15) is 12.0 Å². The molecule has 1 saturated heterocycles. The van der Waals surface area contributed by atoms with E-state index in [4.69, 9.17) is 14.6 Å². The van der Waals surface area contributed by atoms with Crippen molar-refractivity contribution in [2.24, 2.45) is 0 Å². The lowest BCUT2D eigenvalue weighted by atomic mass is 10.3. The zero-order valence-electron chi connectivity index (χ0n) is 6.08. The first-order valence-corrected chi connectivity index (χ1v) is 3.44. The van der Waals surface area contributed by atoms with Crippen LogP contribution >= 0.6 is 0 Å². The van der Waals surface area contributed by atoms with Crippen LogP contribution in [0.5, 0.6) is 0 Å². The van der Waals surface area contributed by atoms with Crippen molar-refractivity contribution in [1.82, 2.24) is 0 Å². The lowest BCUT2D eigenvalue weighted by Crippen LogP contribution is -2.03. The van der Waals surface area contributed by atoms with Gasteiger partial charge in [-0.1, -0.05) is 0 Å². The van der Waals surface area contributed by atoms with E-state index in [1.54, 1.807) is 0 Å². The number of carboxylic acid groups (broad SMARTS) is 1. The smallest absolute Gasteiger partial charge is 0.341 e. The molecule has 0 aromatic rings. The average Bonchev–Trinajstić information content (AvgIpc) is 2.39. The second-order valence-corrected chi connectivity index (χ2v) is 2.24. The average molecular weight is 158 g/mol. The largest absolute Gasteiger partial charge is 0.495 e. The van der Waals surface area contributed by atoms with Crippen LogP contribution in [-0.4, -0.2) is 24.3 Å². The van der Waals surface area contributed by atoms with Crippen LogP contribution in [0, 0.1) is 0 Å². The molecular weight excluding hydrogens is 148 g/mol. The van der Waals surface area contributed by atoms with Gasteiger partial charge in [0.05, 0.1) is 6.61 Å². The molecule has 1 fully saturated rings. The standard InChI is InChI=1S/C7H10O4/c8-7(9)5-10-4-6-2-1-3-11-6/h4H,1-3,5H2,(H,8,9). The van der Waals surface area contributed by atoms with E-state index in [9.17, 15) is 4.79 Å². The Hall–Kier alpha value is -1.19. The van der Waals surface area contributed by atoms with E-state index in [2.05, 4.69) is 0 Å². The SMILES string of the molecule is O=C(O)COC=C1CCCO1. The summed E-state index contributed by atoms with van der Waals surface area (Å²) in [4.78, 5) is 9.98. The summed E-state index contributed by atoms with van der Waals surface area (Å²) in [5, 5.41) is 8.19. The third kappa shape index (κ3) is 2.93. The molecule has 1 N–H and O–H groups in total. The maximum absolute atomic E-state index is 9.98. The van der Waals surface area contributed by atoms with Gasteiger partial charge in [-0.15, -0.1) is 0 Å². The van der Waals surface area contributed by atoms with Gasteiger partial charge in [0.2, 0.25) is 0 Å². The number of aliphatic carboxylic acids is 1. The van der Waals surface area contributed by atoms with Crippen molar-refractivity contribution in [2.45, 2.75) is 12.8 Å². The van der Waals surface area contributed by atoms with E-state index < -0.39 is 5.97 Å². The van der Waals surface area contributed by atoms with E-state index in [0.717, 1.165) is 18.6 Å². The number of carbonyl (C=O) groups is 1. The quantitative estimate of drug-likeness (QED) is 0.615. The van der Waals surface area contributed by atoms with Crippen LogP contribution in [0.4, 0.5) is 0 Å². The monoisotopic (exact) mass is 158 g/mol. The molecule has 0 aliphatic carbocycles. The zero-order chi connectivity index (χ0) is 8.10. The minimum Gasteiger partial charge on any atom is -0.495 e. The van der Waals surface area contributed by atoms with Crippen molar-refractivity contribution in [3.8, 4) is 0 Å². The summed E-state index contributed by atoms with van der Waals surface area (Å²) in [6.07, 6.45) is 3.21. The Kier molecular flexibility index (Phi) is 2.77. The Morgan fingerprint density at radius 2 is 2.64 bits per heavy atom. The van der Waals surface area contributed by atoms with Gasteiger partial charge in [-0.3, -0.25) is 0 Å². The minimum absolute atomic E-state index is 0.299. The molecule has 0 unspecified atom stereocenters. The first-order valence-electron chi connectivity index (χ1n) is 3.44. The fourth-order valence-electron chi connectivity index (χ4n) is 0.821. The molecular formula is C7H10O4. The molecule has 0 saturated carbocycles. The molecule has 11 heavy (non-hydrogen) atoms. The van der Waals surface area contributed by atoms with Gasteiger partial charge in [0.15, 0.2) is 6.61 Å². The van der Waals surface area contributed by atoms with Crippen LogP contribution in [0.1, 0.15) is 12.8 Å². The summed E-state index contributed by atoms with van der Waals surface area (Å²) < 4.78 is 9.77. The summed E-state index contributed by atoms with van der Waals surface area (Å²) in [6.45, 7) is 0.412. The number of carboxylic acids is 1. The molecule has 0 amide bonds. The normalized spacial score (nSPS) is 19.8. The van der Waals surface area contributed by atoms with Crippen molar-refractivity contribution in [1.29, 1.82) is 0 Å². The zero-order valence-corrected chi connectivity index (χ0v) is 6.08. The molecule has 1 aliphatic rings. The second kappa shape index (κ2) is 3.85. The Morgan fingerprint density at radius 1 is 1.82 bits per heavy atom. The van der Waals surface area contributed by atoms with Crippen molar-refractivity contribution in [3.63, 3.8) is 0 Å². The molecule has 0 aromatic heterocycles. The van der Waals surface area contributed by atoms with Gasteiger partial charge in [0.25, 0.3) is 0 Å². The van der Waals surface area contributed by atoms with Crippen LogP contribution in [0.25, 0.3) is 0 Å². The Morgan fingerprint density at radius 3 is 3.18 bits per heavy atom. The first-order chi connectivity index (χ1) is 5.29. The molecule has 4 heteroatoms. The first kappa shape index (κ1) is 7.91. The topological polar surface area (TPSA) is 55.8 Å². The van der Waals surface area contributed by atoms with Gasteiger partial charge >= 0.3 is 5.97 Å². The van der Waals surface area contributed by atoms with Gasteiger partial charge in [-0.25, -0.2) is 4.79 Å². The highest BCUT2D eigenvalue weighted by molar-refractivity contribution is 5.68. The van der Waals surface area contributed by atoms with Crippen molar-refractivity contribution >= 4 is 5.97 Å². The Balaban J connectivity index is 2.18. The van der Waals surface area contributed by atoms with Crippen LogP contribution < -0.4 is 0 Å². The molecule has 0 aromatic carbocycles. The van der Waals surface area contributed by atoms with Crippen LogP contribution in [0.2, 0.25) is 0 Å². The van der Waals surface area contributed by atoms with Crippen molar-refractivity contribution < 1.29 is 19.4 Å². The van der Waals surface area contributed by atoms with Crippen LogP contribution in [0.3, 0.4) is 0 Å². The molecule has 4 nitrogen and oxygen atoms in total. The Bertz CT molecular complexity index is 165. The number of hydrogen-bond acceptors (Lipinski definition) is 3. The molecule has 1 rings (SSSR count). The van der Waals surface area contributed by atoms with Gasteiger partial charge in [0, 0.05) is 6.42 Å². The van der Waals surface area contributed by atoms with Crippen LogP contribution in [0.15, 0.2) is 12.0 Å². The fraction of sp³-hybridized carbons (Fsp3) is 0.571. The van der Waals surface area contributed by atoms with Gasteiger partial charge < -0.3 is 14.6 Å². The lowest BCUT2D eigenvalue weighted by molar-refractivity contribution is -0.140. The number of ether oxygens (including phenoxy) is 2. The maximum atomic E-state index is 9.98. The predicted octanol–water partition coefficient (Wildman–Crippen LogP) is 0.739. The third-order valence-electron chi connectivity index (χ3n) is 1.28. The van der Waals surface area contributed by atoms with Crippen molar-refractivity contribution in [3.05, 3.63) is 12.0 Å². The van der Waals surface area contributed by atoms with E-state index in [0.29, 0.717) is 6.61 Å². The molecule has 62 valence electrons. The lowest BCUT2D eigenvalue weighted by Gasteiger charge is -1.98. The van der Waals surface area contributed by atoms with E-state index in [1.807, 2.05) is 0 Å². The summed E-state index contributed by atoms with van der Waals surface area (Å²) in [5.41, 5.74) is 0. The fourth-order valence-corrected chi connectivity index (χ4v) is 0.821. The molecule has 0 atom stereocenters. The number of allylic oxidation sites excluding steroid dienone is 1. The highest BCUT2D eigenvalue weighted by Crippen LogP contribution is 2.15. The summed E-state index contributed by atoms with van der Waals surface area (Å²) in [7, 11) is 0. The van der Waals surface area contributed by atoms with Gasteiger partial charge in [-0.05, 0) is 6.42 Å².